The third kappa shape index (κ3) is 5.09. The predicted octanol–water partition coefficient (Wildman–Crippen LogP) is 6.12. The van der Waals surface area contributed by atoms with E-state index in [1.807, 2.05) is 56.3 Å². The van der Waals surface area contributed by atoms with Gasteiger partial charge in [0.25, 0.3) is 0 Å². The summed E-state index contributed by atoms with van der Waals surface area (Å²) < 4.78 is 16.8. The van der Waals surface area contributed by atoms with Gasteiger partial charge in [-0.2, -0.15) is 0 Å². The molecule has 0 saturated carbocycles. The van der Waals surface area contributed by atoms with Crippen LogP contribution in [0.2, 0.25) is 0 Å². The van der Waals surface area contributed by atoms with E-state index in [0.29, 0.717) is 38.3 Å². The number of benzene rings is 3. The minimum absolute atomic E-state index is 0.289. The molecule has 0 atom stereocenters. The quantitative estimate of drug-likeness (QED) is 0.382. The monoisotopic (exact) mass is 457 g/mol. The Kier molecular flexibility index (Phi) is 7.53. The molecule has 0 fully saturated rings. The third-order valence-corrected chi connectivity index (χ3v) is 5.93. The van der Waals surface area contributed by atoms with Crippen molar-refractivity contribution in [2.75, 3.05) is 31.8 Å². The summed E-state index contributed by atoms with van der Waals surface area (Å²) in [5, 5.41) is 0. The standard InChI is InChI=1S/C29H31NO4/c1-4-33-27-12-8-6-10-23(27)20-30-17-16-22(29(31)32-3)19-24-18-21(14-15-26(24)30)25-11-7-9-13-28(25)34-5-2/h6-15,18-19H,4-5,16-17,20H2,1-3H3. The fourth-order valence-electron chi connectivity index (χ4n) is 4.34. The van der Waals surface area contributed by atoms with Gasteiger partial charge in [-0.1, -0.05) is 42.5 Å². The number of anilines is 1. The highest BCUT2D eigenvalue weighted by Crippen LogP contribution is 2.37. The average Bonchev–Trinajstić information content (AvgIpc) is 3.04. The molecular formula is C29H31NO4. The summed E-state index contributed by atoms with van der Waals surface area (Å²) in [4.78, 5) is 14.8. The van der Waals surface area contributed by atoms with Gasteiger partial charge in [0.15, 0.2) is 0 Å². The van der Waals surface area contributed by atoms with Gasteiger partial charge < -0.3 is 19.1 Å². The van der Waals surface area contributed by atoms with Crippen LogP contribution in [0.1, 0.15) is 31.4 Å². The van der Waals surface area contributed by atoms with Crippen molar-refractivity contribution in [3.8, 4) is 22.6 Å². The van der Waals surface area contributed by atoms with Gasteiger partial charge in [-0.3, -0.25) is 0 Å². The van der Waals surface area contributed by atoms with Crippen LogP contribution >= 0.6 is 0 Å². The van der Waals surface area contributed by atoms with E-state index in [-0.39, 0.29) is 5.97 Å². The molecule has 176 valence electrons. The molecule has 5 nitrogen and oxygen atoms in total. The number of carbonyl (C=O) groups is 1. The Morgan fingerprint density at radius 2 is 1.62 bits per heavy atom. The van der Waals surface area contributed by atoms with Gasteiger partial charge in [0.2, 0.25) is 0 Å². The SMILES string of the molecule is CCOc1ccccc1CN1CCC(C(=O)OC)=Cc2cc(-c3ccccc3OCC)ccc21. The number of esters is 1. The third-order valence-electron chi connectivity index (χ3n) is 5.93. The van der Waals surface area contributed by atoms with E-state index in [4.69, 9.17) is 14.2 Å². The second-order valence-electron chi connectivity index (χ2n) is 8.08. The first-order valence-corrected chi connectivity index (χ1v) is 11.7. The van der Waals surface area contributed by atoms with Crippen LogP contribution in [0.5, 0.6) is 11.5 Å². The summed E-state index contributed by atoms with van der Waals surface area (Å²) in [6.45, 7) is 6.57. The first-order chi connectivity index (χ1) is 16.6. The van der Waals surface area contributed by atoms with Gasteiger partial charge >= 0.3 is 5.97 Å². The van der Waals surface area contributed by atoms with Gasteiger partial charge in [0.1, 0.15) is 11.5 Å². The molecule has 0 aliphatic carbocycles. The molecule has 4 rings (SSSR count). The van der Waals surface area contributed by atoms with Gasteiger partial charge in [0, 0.05) is 35.5 Å². The molecular weight excluding hydrogens is 426 g/mol. The maximum Gasteiger partial charge on any atom is 0.333 e. The van der Waals surface area contributed by atoms with E-state index < -0.39 is 0 Å². The van der Waals surface area contributed by atoms with Crippen molar-refractivity contribution >= 4 is 17.7 Å². The van der Waals surface area contributed by atoms with E-state index in [2.05, 4.69) is 35.2 Å². The molecule has 0 unspecified atom stereocenters. The number of para-hydroxylation sites is 2. The number of methoxy groups -OCH3 is 1. The Balaban J connectivity index is 1.76. The summed E-state index contributed by atoms with van der Waals surface area (Å²) in [6, 6.07) is 22.5. The van der Waals surface area contributed by atoms with Gasteiger partial charge in [0.05, 0.1) is 20.3 Å². The lowest BCUT2D eigenvalue weighted by Crippen LogP contribution is -2.25. The van der Waals surface area contributed by atoms with E-state index in [1.165, 1.54) is 7.11 Å². The molecule has 1 aliphatic rings. The van der Waals surface area contributed by atoms with Crippen molar-refractivity contribution in [1.82, 2.24) is 0 Å². The van der Waals surface area contributed by atoms with Crippen molar-refractivity contribution < 1.29 is 19.0 Å². The molecule has 1 heterocycles. The minimum Gasteiger partial charge on any atom is -0.494 e. The summed E-state index contributed by atoms with van der Waals surface area (Å²) in [5.41, 5.74) is 5.90. The fourth-order valence-corrected chi connectivity index (χ4v) is 4.34. The molecule has 3 aromatic carbocycles. The lowest BCUT2D eigenvalue weighted by Gasteiger charge is -2.26. The highest BCUT2D eigenvalue weighted by atomic mass is 16.5. The van der Waals surface area contributed by atoms with E-state index in [9.17, 15) is 4.79 Å². The Hall–Kier alpha value is -3.73. The molecule has 0 spiro atoms. The van der Waals surface area contributed by atoms with Crippen LogP contribution in [-0.2, 0) is 16.1 Å². The normalized spacial score (nSPS) is 12.9. The second kappa shape index (κ2) is 10.9. The molecule has 1 aliphatic heterocycles. The van der Waals surface area contributed by atoms with Crippen LogP contribution in [0, 0.1) is 0 Å². The maximum absolute atomic E-state index is 12.5. The van der Waals surface area contributed by atoms with Gasteiger partial charge in [-0.05, 0) is 61.7 Å². The van der Waals surface area contributed by atoms with Gasteiger partial charge in [-0.15, -0.1) is 0 Å². The largest absolute Gasteiger partial charge is 0.494 e. The number of fused-ring (bicyclic) bond motifs is 1. The summed E-state index contributed by atoms with van der Waals surface area (Å²) in [7, 11) is 1.43. The van der Waals surface area contributed by atoms with E-state index >= 15 is 0 Å². The number of hydrogen-bond acceptors (Lipinski definition) is 5. The topological polar surface area (TPSA) is 48.0 Å². The average molecular weight is 458 g/mol. The summed E-state index contributed by atoms with van der Waals surface area (Å²) in [5.74, 6) is 1.44. The fraction of sp³-hybridized carbons (Fsp3) is 0.276. The number of carbonyl (C=O) groups excluding carboxylic acids is 1. The predicted molar refractivity (Wildman–Crippen MR) is 136 cm³/mol. The zero-order valence-corrected chi connectivity index (χ0v) is 20.0. The second-order valence-corrected chi connectivity index (χ2v) is 8.08. The lowest BCUT2D eigenvalue weighted by molar-refractivity contribution is -0.136. The lowest BCUT2D eigenvalue weighted by atomic mass is 9.99. The molecule has 5 heteroatoms. The molecule has 0 aromatic heterocycles. The summed E-state index contributed by atoms with van der Waals surface area (Å²) >= 11 is 0. The molecule has 0 saturated heterocycles. The molecule has 0 bridgehead atoms. The Labute approximate surface area is 201 Å². The van der Waals surface area contributed by atoms with Crippen LogP contribution in [0.15, 0.2) is 72.3 Å². The first-order valence-electron chi connectivity index (χ1n) is 11.7. The number of ether oxygens (including phenoxy) is 3. The van der Waals surface area contributed by atoms with Crippen molar-refractivity contribution in [3.05, 3.63) is 83.4 Å². The van der Waals surface area contributed by atoms with Crippen molar-refractivity contribution in [2.24, 2.45) is 0 Å². The van der Waals surface area contributed by atoms with Crippen LogP contribution < -0.4 is 14.4 Å². The minimum atomic E-state index is -0.289. The van der Waals surface area contributed by atoms with E-state index in [1.54, 1.807) is 0 Å². The zero-order chi connectivity index (χ0) is 23.9. The smallest absolute Gasteiger partial charge is 0.333 e. The Bertz CT molecular complexity index is 1180. The summed E-state index contributed by atoms with van der Waals surface area (Å²) in [6.07, 6.45) is 2.56. The number of nitrogens with zero attached hydrogens (tertiary/aromatic N) is 1. The highest BCUT2D eigenvalue weighted by Gasteiger charge is 2.22. The highest BCUT2D eigenvalue weighted by molar-refractivity contribution is 5.96. The Morgan fingerprint density at radius 3 is 2.38 bits per heavy atom. The van der Waals surface area contributed by atoms with Crippen LogP contribution in [0.3, 0.4) is 0 Å². The number of hydrogen-bond donors (Lipinski definition) is 0. The van der Waals surface area contributed by atoms with Gasteiger partial charge in [-0.25, -0.2) is 4.79 Å². The van der Waals surface area contributed by atoms with Crippen LogP contribution in [0.4, 0.5) is 5.69 Å². The molecule has 0 amide bonds. The molecule has 0 N–H and O–H groups in total. The Morgan fingerprint density at radius 1 is 0.912 bits per heavy atom. The molecule has 0 radical (unpaired) electrons. The maximum atomic E-state index is 12.5. The van der Waals surface area contributed by atoms with Crippen LogP contribution in [-0.4, -0.2) is 32.8 Å². The van der Waals surface area contributed by atoms with Crippen molar-refractivity contribution in [3.63, 3.8) is 0 Å². The van der Waals surface area contributed by atoms with Crippen molar-refractivity contribution in [1.29, 1.82) is 0 Å². The number of rotatable bonds is 8. The molecule has 34 heavy (non-hydrogen) atoms. The van der Waals surface area contributed by atoms with E-state index in [0.717, 1.165) is 39.4 Å². The molecule has 3 aromatic rings. The van der Waals surface area contributed by atoms with Crippen LogP contribution in [0.25, 0.3) is 17.2 Å². The first kappa shape index (κ1) is 23.4. The van der Waals surface area contributed by atoms with Crippen molar-refractivity contribution in [2.45, 2.75) is 26.8 Å². The zero-order valence-electron chi connectivity index (χ0n) is 20.0.